The molecule has 154 valence electrons. The number of hydrogen-bond acceptors (Lipinski definition) is 5. The molecule has 2 amide bonds. The number of carboxylic acid groups (broad SMARTS) is 1. The van der Waals surface area contributed by atoms with Gasteiger partial charge in [0.1, 0.15) is 6.61 Å². The molecule has 1 aromatic rings. The van der Waals surface area contributed by atoms with E-state index in [-0.39, 0.29) is 24.0 Å². The highest BCUT2D eigenvalue weighted by atomic mass is 35.5. The van der Waals surface area contributed by atoms with E-state index < -0.39 is 18.1 Å². The number of rotatable bonds is 3. The Kier molecular flexibility index (Phi) is 7.79. The molecule has 1 aromatic carbocycles. The smallest absolute Gasteiger partial charge is 0.300 e. The van der Waals surface area contributed by atoms with Crippen molar-refractivity contribution < 1.29 is 24.2 Å². The standard InChI is InChI=1S/C17H22ClN3O3.C2H4O2/c1-17(6-8-19-9-7-17)21-16(23)15-14(20-13(22)10-24-15)11-4-2-3-5-12(11)18;1-2(3)4/h2-5,14-15,19H,6-10H2,1H3,(H,20,22)(H,21,23);1H3,(H,3,4)/t14-,15+;/m1./s1. The van der Waals surface area contributed by atoms with E-state index in [2.05, 4.69) is 16.0 Å². The summed E-state index contributed by atoms with van der Waals surface area (Å²) in [6.07, 6.45) is 0.915. The summed E-state index contributed by atoms with van der Waals surface area (Å²) in [6, 6.07) is 6.58. The fourth-order valence-corrected chi connectivity index (χ4v) is 3.47. The third-order valence-electron chi connectivity index (χ3n) is 4.64. The number of amides is 2. The van der Waals surface area contributed by atoms with Crippen LogP contribution in [0.1, 0.15) is 38.3 Å². The molecule has 9 heteroatoms. The number of nitrogens with one attached hydrogen (secondary N) is 3. The first kappa shape index (κ1) is 22.1. The number of morpholine rings is 1. The lowest BCUT2D eigenvalue weighted by Crippen LogP contribution is -2.59. The number of halogens is 1. The zero-order valence-corrected chi connectivity index (χ0v) is 16.7. The predicted octanol–water partition coefficient (Wildman–Crippen LogP) is 1.25. The van der Waals surface area contributed by atoms with Gasteiger partial charge in [-0.1, -0.05) is 29.8 Å². The molecular weight excluding hydrogens is 386 g/mol. The number of aliphatic carboxylic acids is 1. The van der Waals surface area contributed by atoms with Crippen molar-refractivity contribution in [1.82, 2.24) is 16.0 Å². The highest BCUT2D eigenvalue weighted by Gasteiger charge is 2.39. The minimum Gasteiger partial charge on any atom is -0.481 e. The van der Waals surface area contributed by atoms with Crippen molar-refractivity contribution in [3.8, 4) is 0 Å². The molecule has 2 aliphatic heterocycles. The average Bonchev–Trinajstić information content (AvgIpc) is 2.61. The topological polar surface area (TPSA) is 117 Å². The molecule has 0 spiro atoms. The molecule has 2 aliphatic rings. The molecule has 3 rings (SSSR count). The Bertz CT molecular complexity index is 717. The molecule has 0 radical (unpaired) electrons. The fourth-order valence-electron chi connectivity index (χ4n) is 3.22. The molecule has 0 aliphatic carbocycles. The first-order chi connectivity index (χ1) is 13.2. The van der Waals surface area contributed by atoms with Crippen molar-refractivity contribution in [1.29, 1.82) is 0 Å². The molecule has 2 heterocycles. The van der Waals surface area contributed by atoms with Crippen molar-refractivity contribution in [2.75, 3.05) is 19.7 Å². The van der Waals surface area contributed by atoms with E-state index in [4.69, 9.17) is 26.2 Å². The Labute approximate surface area is 169 Å². The molecule has 0 saturated carbocycles. The molecule has 0 bridgehead atoms. The van der Waals surface area contributed by atoms with E-state index in [1.54, 1.807) is 12.1 Å². The summed E-state index contributed by atoms with van der Waals surface area (Å²) in [6.45, 7) is 4.73. The monoisotopic (exact) mass is 411 g/mol. The Morgan fingerprint density at radius 3 is 2.50 bits per heavy atom. The van der Waals surface area contributed by atoms with Gasteiger partial charge in [0.25, 0.3) is 11.9 Å². The van der Waals surface area contributed by atoms with Crippen LogP contribution >= 0.6 is 11.6 Å². The molecule has 0 unspecified atom stereocenters. The minimum absolute atomic E-state index is 0.128. The Hall–Kier alpha value is -2.16. The SMILES string of the molecule is CC(=O)O.CC1(NC(=O)[C@H]2OCC(=O)N[C@@H]2c2ccccc2Cl)CCNCC1. The number of piperidine rings is 1. The number of carboxylic acids is 1. The van der Waals surface area contributed by atoms with Crippen molar-refractivity contribution in [3.05, 3.63) is 34.9 Å². The van der Waals surface area contributed by atoms with Crippen molar-refractivity contribution >= 4 is 29.4 Å². The number of carbonyl (C=O) groups is 3. The molecule has 2 fully saturated rings. The van der Waals surface area contributed by atoms with E-state index in [1.807, 2.05) is 19.1 Å². The van der Waals surface area contributed by atoms with Gasteiger partial charge < -0.3 is 25.8 Å². The molecule has 8 nitrogen and oxygen atoms in total. The molecule has 4 N–H and O–H groups in total. The Morgan fingerprint density at radius 2 is 1.89 bits per heavy atom. The third kappa shape index (κ3) is 6.19. The lowest BCUT2D eigenvalue weighted by Gasteiger charge is -2.38. The van der Waals surface area contributed by atoms with Gasteiger partial charge in [-0.2, -0.15) is 0 Å². The second kappa shape index (κ2) is 9.86. The quantitative estimate of drug-likeness (QED) is 0.594. The molecule has 2 saturated heterocycles. The normalized spacial score (nSPS) is 23.6. The molecule has 28 heavy (non-hydrogen) atoms. The third-order valence-corrected chi connectivity index (χ3v) is 4.99. The van der Waals surface area contributed by atoms with Crippen LogP contribution in [0.3, 0.4) is 0 Å². The fraction of sp³-hybridized carbons (Fsp3) is 0.526. The van der Waals surface area contributed by atoms with Crippen LogP contribution in [0.2, 0.25) is 5.02 Å². The first-order valence-electron chi connectivity index (χ1n) is 9.09. The minimum atomic E-state index is -0.833. The summed E-state index contributed by atoms with van der Waals surface area (Å²) in [5.41, 5.74) is 0.417. The summed E-state index contributed by atoms with van der Waals surface area (Å²) in [4.78, 5) is 33.6. The average molecular weight is 412 g/mol. The van der Waals surface area contributed by atoms with Crippen LogP contribution in [-0.2, 0) is 19.1 Å². The van der Waals surface area contributed by atoms with Crippen molar-refractivity contribution in [3.63, 3.8) is 0 Å². The van der Waals surface area contributed by atoms with Crippen molar-refractivity contribution in [2.45, 2.75) is 44.4 Å². The van der Waals surface area contributed by atoms with Gasteiger partial charge in [0.05, 0.1) is 6.04 Å². The Balaban J connectivity index is 0.000000640. The van der Waals surface area contributed by atoms with Gasteiger partial charge in [-0.25, -0.2) is 0 Å². The summed E-state index contributed by atoms with van der Waals surface area (Å²) in [5.74, 6) is -1.30. The summed E-state index contributed by atoms with van der Waals surface area (Å²) in [5, 5.41) is 17.1. The van der Waals surface area contributed by atoms with Gasteiger partial charge in [-0.15, -0.1) is 0 Å². The van der Waals surface area contributed by atoms with Crippen LogP contribution in [0.5, 0.6) is 0 Å². The maximum Gasteiger partial charge on any atom is 0.300 e. The van der Waals surface area contributed by atoms with Gasteiger partial charge >= 0.3 is 0 Å². The van der Waals surface area contributed by atoms with Gasteiger partial charge in [0, 0.05) is 17.5 Å². The van der Waals surface area contributed by atoms with E-state index in [9.17, 15) is 9.59 Å². The highest BCUT2D eigenvalue weighted by Crippen LogP contribution is 2.29. The van der Waals surface area contributed by atoms with Gasteiger partial charge in [-0.05, 0) is 44.5 Å². The van der Waals surface area contributed by atoms with Crippen molar-refractivity contribution in [2.24, 2.45) is 0 Å². The van der Waals surface area contributed by atoms with E-state index in [1.165, 1.54) is 0 Å². The molecule has 0 aromatic heterocycles. The predicted molar refractivity (Wildman–Crippen MR) is 104 cm³/mol. The van der Waals surface area contributed by atoms with Crippen LogP contribution < -0.4 is 16.0 Å². The number of hydrogen-bond donors (Lipinski definition) is 4. The van der Waals surface area contributed by atoms with Crippen LogP contribution in [0.15, 0.2) is 24.3 Å². The highest BCUT2D eigenvalue weighted by molar-refractivity contribution is 6.31. The zero-order chi connectivity index (χ0) is 20.7. The van der Waals surface area contributed by atoms with Gasteiger partial charge in [0.15, 0.2) is 6.10 Å². The lowest BCUT2D eigenvalue weighted by molar-refractivity contribution is -0.149. The lowest BCUT2D eigenvalue weighted by atomic mass is 9.89. The van der Waals surface area contributed by atoms with Gasteiger partial charge in [0.2, 0.25) is 5.91 Å². The first-order valence-corrected chi connectivity index (χ1v) is 9.47. The second-order valence-electron chi connectivity index (χ2n) is 7.12. The van der Waals surface area contributed by atoms with E-state index >= 15 is 0 Å². The van der Waals surface area contributed by atoms with Crippen LogP contribution in [0.4, 0.5) is 0 Å². The number of benzene rings is 1. The zero-order valence-electron chi connectivity index (χ0n) is 16.0. The second-order valence-corrected chi connectivity index (χ2v) is 7.52. The van der Waals surface area contributed by atoms with E-state index in [0.717, 1.165) is 32.9 Å². The maximum absolute atomic E-state index is 12.8. The van der Waals surface area contributed by atoms with Crippen LogP contribution in [-0.4, -0.2) is 54.2 Å². The maximum atomic E-state index is 12.8. The summed E-state index contributed by atoms with van der Waals surface area (Å²) in [7, 11) is 0. The number of carbonyl (C=O) groups excluding carboxylic acids is 2. The Morgan fingerprint density at radius 1 is 1.29 bits per heavy atom. The summed E-state index contributed by atoms with van der Waals surface area (Å²) >= 11 is 6.25. The van der Waals surface area contributed by atoms with Crippen LogP contribution in [0, 0.1) is 0 Å². The molecular formula is C19H26ClN3O5. The van der Waals surface area contributed by atoms with Gasteiger partial charge in [-0.3, -0.25) is 14.4 Å². The summed E-state index contributed by atoms with van der Waals surface area (Å²) < 4.78 is 5.56. The molecule has 2 atom stereocenters. The largest absolute Gasteiger partial charge is 0.481 e. The van der Waals surface area contributed by atoms with Crippen LogP contribution in [0.25, 0.3) is 0 Å². The number of ether oxygens (including phenoxy) is 1. The van der Waals surface area contributed by atoms with E-state index in [0.29, 0.717) is 10.6 Å².